The van der Waals surface area contributed by atoms with Crippen molar-refractivity contribution in [2.75, 3.05) is 13.2 Å². The van der Waals surface area contributed by atoms with Crippen molar-refractivity contribution in [3.05, 3.63) is 29.3 Å². The van der Waals surface area contributed by atoms with E-state index in [2.05, 4.69) is 5.16 Å². The third kappa shape index (κ3) is 2.85. The lowest BCUT2D eigenvalue weighted by Crippen LogP contribution is -2.14. The van der Waals surface area contributed by atoms with Crippen molar-refractivity contribution in [2.45, 2.75) is 6.92 Å². The number of aliphatic hydroxyl groups is 1. The zero-order valence-electron chi connectivity index (χ0n) is 8.47. The lowest BCUT2D eigenvalue weighted by atomic mass is 10.1. The quantitative estimate of drug-likeness (QED) is 0.291. The monoisotopic (exact) mass is 210 g/mol. The summed E-state index contributed by atoms with van der Waals surface area (Å²) in [6.07, 6.45) is 0. The van der Waals surface area contributed by atoms with Gasteiger partial charge in [-0.15, -0.1) is 0 Å². The summed E-state index contributed by atoms with van der Waals surface area (Å²) >= 11 is 0. The minimum absolute atomic E-state index is 0.0267. The molecule has 0 aliphatic rings. The Morgan fingerprint density at radius 3 is 2.80 bits per heavy atom. The first kappa shape index (κ1) is 11.3. The molecule has 0 saturated heterocycles. The van der Waals surface area contributed by atoms with Crippen molar-refractivity contribution in [1.29, 1.82) is 0 Å². The van der Waals surface area contributed by atoms with E-state index in [4.69, 9.17) is 20.8 Å². The van der Waals surface area contributed by atoms with Gasteiger partial charge < -0.3 is 20.8 Å². The number of aliphatic hydroxyl groups excluding tert-OH is 1. The number of ether oxygens (including phenoxy) is 1. The second-order valence-electron chi connectivity index (χ2n) is 3.03. The molecule has 0 bridgehead atoms. The van der Waals surface area contributed by atoms with Crippen LogP contribution in [-0.2, 0) is 0 Å². The summed E-state index contributed by atoms with van der Waals surface area (Å²) in [5.41, 5.74) is 6.97. The molecule has 5 nitrogen and oxygen atoms in total. The van der Waals surface area contributed by atoms with E-state index in [1.54, 1.807) is 18.2 Å². The van der Waals surface area contributed by atoms with Crippen molar-refractivity contribution in [3.8, 4) is 5.75 Å². The van der Waals surface area contributed by atoms with E-state index in [9.17, 15) is 0 Å². The van der Waals surface area contributed by atoms with Gasteiger partial charge in [0.15, 0.2) is 5.84 Å². The van der Waals surface area contributed by atoms with E-state index in [0.29, 0.717) is 11.3 Å². The number of benzene rings is 1. The molecule has 82 valence electrons. The standard InChI is InChI=1S/C10H14N2O3/c1-7-6-8(15-5-4-13)2-3-9(7)10(11)12-14/h2-3,6,13-14H,4-5H2,1H3,(H2,11,12). The Hall–Kier alpha value is -1.75. The highest BCUT2D eigenvalue weighted by atomic mass is 16.5. The molecule has 0 amide bonds. The second kappa shape index (κ2) is 5.21. The minimum Gasteiger partial charge on any atom is -0.491 e. The van der Waals surface area contributed by atoms with Crippen molar-refractivity contribution < 1.29 is 15.1 Å². The van der Waals surface area contributed by atoms with Gasteiger partial charge in [0.2, 0.25) is 0 Å². The SMILES string of the molecule is Cc1cc(OCCO)ccc1/C(N)=N/O. The van der Waals surface area contributed by atoms with Gasteiger partial charge in [-0.2, -0.15) is 0 Å². The zero-order valence-corrected chi connectivity index (χ0v) is 8.47. The van der Waals surface area contributed by atoms with E-state index >= 15 is 0 Å². The van der Waals surface area contributed by atoms with Gasteiger partial charge in [-0.05, 0) is 30.7 Å². The number of oxime groups is 1. The largest absolute Gasteiger partial charge is 0.491 e. The van der Waals surface area contributed by atoms with Crippen molar-refractivity contribution in [2.24, 2.45) is 10.9 Å². The van der Waals surface area contributed by atoms with Crippen molar-refractivity contribution >= 4 is 5.84 Å². The fourth-order valence-electron chi connectivity index (χ4n) is 1.23. The van der Waals surface area contributed by atoms with Crippen LogP contribution in [0.1, 0.15) is 11.1 Å². The van der Waals surface area contributed by atoms with Gasteiger partial charge in [0.05, 0.1) is 6.61 Å². The summed E-state index contributed by atoms with van der Waals surface area (Å²) in [7, 11) is 0. The predicted octanol–water partition coefficient (Wildman–Crippen LogP) is 0.461. The van der Waals surface area contributed by atoms with E-state index in [0.717, 1.165) is 5.56 Å². The summed E-state index contributed by atoms with van der Waals surface area (Å²) in [5, 5.41) is 20.0. The van der Waals surface area contributed by atoms with Gasteiger partial charge in [0.25, 0.3) is 0 Å². The van der Waals surface area contributed by atoms with E-state index in [1.807, 2.05) is 6.92 Å². The Labute approximate surface area is 87.8 Å². The molecule has 1 aromatic rings. The molecule has 5 heteroatoms. The lowest BCUT2D eigenvalue weighted by molar-refractivity contribution is 0.201. The third-order valence-corrected chi connectivity index (χ3v) is 1.94. The highest BCUT2D eigenvalue weighted by Gasteiger charge is 2.04. The fraction of sp³-hybridized carbons (Fsp3) is 0.300. The molecule has 0 saturated carbocycles. The van der Waals surface area contributed by atoms with Crippen LogP contribution in [0.2, 0.25) is 0 Å². The maximum absolute atomic E-state index is 8.58. The van der Waals surface area contributed by atoms with Crippen molar-refractivity contribution in [3.63, 3.8) is 0 Å². The van der Waals surface area contributed by atoms with Crippen LogP contribution >= 0.6 is 0 Å². The molecule has 0 aliphatic carbocycles. The van der Waals surface area contributed by atoms with Crippen LogP contribution in [0.15, 0.2) is 23.4 Å². The Bertz CT molecular complexity index is 364. The van der Waals surface area contributed by atoms with Crippen molar-refractivity contribution in [1.82, 2.24) is 0 Å². The van der Waals surface area contributed by atoms with E-state index in [-0.39, 0.29) is 19.0 Å². The number of amidine groups is 1. The van der Waals surface area contributed by atoms with Gasteiger partial charge >= 0.3 is 0 Å². The van der Waals surface area contributed by atoms with Crippen LogP contribution in [-0.4, -0.2) is 29.4 Å². The first-order valence-corrected chi connectivity index (χ1v) is 4.51. The molecular formula is C10H14N2O3. The molecule has 0 heterocycles. The summed E-state index contributed by atoms with van der Waals surface area (Å²) in [5.74, 6) is 0.720. The normalized spacial score (nSPS) is 11.5. The van der Waals surface area contributed by atoms with E-state index < -0.39 is 0 Å². The topological polar surface area (TPSA) is 88.1 Å². The van der Waals surface area contributed by atoms with Gasteiger partial charge in [0, 0.05) is 5.56 Å². The molecule has 0 fully saturated rings. The number of nitrogens with two attached hydrogens (primary N) is 1. The molecule has 15 heavy (non-hydrogen) atoms. The van der Waals surface area contributed by atoms with Gasteiger partial charge in [-0.3, -0.25) is 0 Å². The first-order valence-electron chi connectivity index (χ1n) is 4.51. The van der Waals surface area contributed by atoms with Crippen LogP contribution in [0.5, 0.6) is 5.75 Å². The fourth-order valence-corrected chi connectivity index (χ4v) is 1.23. The van der Waals surface area contributed by atoms with Gasteiger partial charge in [-0.25, -0.2) is 0 Å². The molecule has 0 unspecified atom stereocenters. The predicted molar refractivity (Wildman–Crippen MR) is 56.3 cm³/mol. The lowest BCUT2D eigenvalue weighted by Gasteiger charge is -2.08. The molecule has 1 aromatic carbocycles. The average Bonchev–Trinajstić information content (AvgIpc) is 2.25. The number of aryl methyl sites for hydroxylation is 1. The minimum atomic E-state index is -0.0267. The Morgan fingerprint density at radius 1 is 1.53 bits per heavy atom. The molecule has 1 rings (SSSR count). The van der Waals surface area contributed by atoms with Gasteiger partial charge in [-0.1, -0.05) is 5.16 Å². The number of nitrogens with zero attached hydrogens (tertiary/aromatic N) is 1. The summed E-state index contributed by atoms with van der Waals surface area (Å²) in [4.78, 5) is 0. The Kier molecular flexibility index (Phi) is 3.93. The van der Waals surface area contributed by atoms with Crippen LogP contribution in [0.4, 0.5) is 0 Å². The Balaban J connectivity index is 2.88. The number of hydrogen-bond donors (Lipinski definition) is 3. The van der Waals surface area contributed by atoms with Crippen LogP contribution < -0.4 is 10.5 Å². The first-order chi connectivity index (χ1) is 7.19. The maximum Gasteiger partial charge on any atom is 0.170 e. The summed E-state index contributed by atoms with van der Waals surface area (Å²) in [6, 6.07) is 5.18. The summed E-state index contributed by atoms with van der Waals surface area (Å²) < 4.78 is 5.21. The smallest absolute Gasteiger partial charge is 0.170 e. The molecule has 0 aromatic heterocycles. The highest BCUT2D eigenvalue weighted by Crippen LogP contribution is 2.16. The third-order valence-electron chi connectivity index (χ3n) is 1.94. The molecule has 0 radical (unpaired) electrons. The molecular weight excluding hydrogens is 196 g/mol. The van der Waals surface area contributed by atoms with Crippen LogP contribution in [0, 0.1) is 6.92 Å². The second-order valence-corrected chi connectivity index (χ2v) is 3.03. The summed E-state index contributed by atoms with van der Waals surface area (Å²) in [6.45, 7) is 2.06. The zero-order chi connectivity index (χ0) is 11.3. The van der Waals surface area contributed by atoms with Gasteiger partial charge in [0.1, 0.15) is 12.4 Å². The maximum atomic E-state index is 8.58. The number of hydrogen-bond acceptors (Lipinski definition) is 4. The molecule has 0 aliphatic heterocycles. The Morgan fingerprint density at radius 2 is 2.27 bits per heavy atom. The number of rotatable bonds is 4. The molecule has 0 spiro atoms. The molecule has 4 N–H and O–H groups in total. The van der Waals surface area contributed by atoms with E-state index in [1.165, 1.54) is 0 Å². The molecule has 0 atom stereocenters. The van der Waals surface area contributed by atoms with Crippen LogP contribution in [0.3, 0.4) is 0 Å². The highest BCUT2D eigenvalue weighted by molar-refractivity contribution is 5.98. The van der Waals surface area contributed by atoms with Crippen LogP contribution in [0.25, 0.3) is 0 Å². The average molecular weight is 210 g/mol.